The number of aromatic nitrogens is 15. The van der Waals surface area contributed by atoms with Crippen molar-refractivity contribution in [2.24, 2.45) is 0 Å². The van der Waals surface area contributed by atoms with Crippen LogP contribution in [-0.4, -0.2) is 74.8 Å². The second-order valence-corrected chi connectivity index (χ2v) is 19.4. The van der Waals surface area contributed by atoms with Gasteiger partial charge in [0.2, 0.25) is 0 Å². The molecule has 16 aromatic rings. The maximum Gasteiger partial charge on any atom is 0.156 e. The zero-order valence-corrected chi connectivity index (χ0v) is 47.2. The number of hydrogen-bond donors (Lipinski definition) is 6. The van der Waals surface area contributed by atoms with Gasteiger partial charge in [0.1, 0.15) is 5.52 Å². The first-order valence-corrected chi connectivity index (χ1v) is 26.8. The minimum absolute atomic E-state index is 0.861. The molecule has 2 aromatic carbocycles. The second-order valence-electron chi connectivity index (χ2n) is 19.4. The Morgan fingerprint density at radius 2 is 0.780 bits per heavy atom. The molecular weight excluding hydrogens is 1010 g/mol. The number of H-pyrrole nitrogens is 6. The summed E-state index contributed by atoms with van der Waals surface area (Å²) in [6, 6.07) is 34.4. The lowest BCUT2D eigenvalue weighted by Crippen LogP contribution is -1.83. The summed E-state index contributed by atoms with van der Waals surface area (Å²) in [5.41, 5.74) is 21.6. The normalized spacial score (nSPS) is 10.4. The van der Waals surface area contributed by atoms with Gasteiger partial charge in [-0.05, 0) is 173 Å². The molecule has 0 saturated carbocycles. The molecule has 0 atom stereocenters. The number of benzene rings is 2. The van der Waals surface area contributed by atoms with Crippen molar-refractivity contribution in [1.82, 2.24) is 74.8 Å². The van der Waals surface area contributed by atoms with Gasteiger partial charge in [0, 0.05) is 143 Å². The molecule has 0 spiro atoms. The van der Waals surface area contributed by atoms with Crippen LogP contribution < -0.4 is 0 Å². The van der Waals surface area contributed by atoms with Crippen LogP contribution in [0.4, 0.5) is 0 Å². The number of aryl methyl sites for hydroxylation is 8. The number of hydrogen-bond acceptors (Lipinski definition) is 9. The molecule has 14 aromatic heterocycles. The van der Waals surface area contributed by atoms with E-state index in [0.29, 0.717) is 0 Å². The summed E-state index contributed by atoms with van der Waals surface area (Å²) in [5.74, 6) is 0. The Balaban J connectivity index is 0.000000113. The van der Waals surface area contributed by atoms with E-state index >= 15 is 0 Å². The van der Waals surface area contributed by atoms with Crippen molar-refractivity contribution in [3.05, 3.63) is 259 Å². The van der Waals surface area contributed by atoms with Crippen LogP contribution in [0.15, 0.2) is 215 Å². The van der Waals surface area contributed by atoms with Crippen LogP contribution in [0.3, 0.4) is 0 Å². The van der Waals surface area contributed by atoms with Gasteiger partial charge in [-0.25, -0.2) is 4.98 Å². The molecule has 0 radical (unpaired) electrons. The first kappa shape index (κ1) is 56.1. The van der Waals surface area contributed by atoms with E-state index < -0.39 is 0 Å². The predicted molar refractivity (Wildman–Crippen MR) is 336 cm³/mol. The predicted octanol–water partition coefficient (Wildman–Crippen LogP) is 15.7. The van der Waals surface area contributed by atoms with Gasteiger partial charge in [-0.2, -0.15) is 0 Å². The van der Waals surface area contributed by atoms with Gasteiger partial charge in [0.15, 0.2) is 5.65 Å². The van der Waals surface area contributed by atoms with Crippen molar-refractivity contribution >= 4 is 87.7 Å². The first-order valence-electron chi connectivity index (χ1n) is 26.8. The number of aromatic amines is 6. The van der Waals surface area contributed by atoms with E-state index in [-0.39, 0.29) is 0 Å². The molecule has 0 aliphatic heterocycles. The Morgan fingerprint density at radius 1 is 0.256 bits per heavy atom. The van der Waals surface area contributed by atoms with Crippen molar-refractivity contribution in [2.75, 3.05) is 0 Å². The molecule has 0 amide bonds. The van der Waals surface area contributed by atoms with E-state index in [2.05, 4.69) is 152 Å². The van der Waals surface area contributed by atoms with Crippen LogP contribution in [0.2, 0.25) is 0 Å². The Hall–Kier alpha value is -10.7. The molecule has 0 aliphatic carbocycles. The highest BCUT2D eigenvalue weighted by Crippen LogP contribution is 2.19. The van der Waals surface area contributed by atoms with E-state index in [0.717, 1.165) is 55.3 Å². The molecule has 16 rings (SSSR count). The zero-order valence-electron chi connectivity index (χ0n) is 47.2. The van der Waals surface area contributed by atoms with Gasteiger partial charge in [-0.15, -0.1) is 0 Å². The third-order valence-electron chi connectivity index (χ3n) is 13.6. The highest BCUT2D eigenvalue weighted by molar-refractivity contribution is 5.85. The van der Waals surface area contributed by atoms with Crippen molar-refractivity contribution in [2.45, 2.75) is 55.4 Å². The van der Waals surface area contributed by atoms with Crippen LogP contribution in [0.5, 0.6) is 0 Å². The monoisotopic (exact) mass is 1080 g/mol. The lowest BCUT2D eigenvalue weighted by Gasteiger charge is -1.97. The van der Waals surface area contributed by atoms with Gasteiger partial charge < -0.3 is 29.9 Å². The number of rotatable bonds is 0. The van der Waals surface area contributed by atoms with Crippen LogP contribution in [0, 0.1) is 55.4 Å². The summed E-state index contributed by atoms with van der Waals surface area (Å²) in [7, 11) is 0. The van der Waals surface area contributed by atoms with E-state index in [1.807, 2.05) is 143 Å². The van der Waals surface area contributed by atoms with Crippen LogP contribution in [0.25, 0.3) is 87.7 Å². The third kappa shape index (κ3) is 14.1. The van der Waals surface area contributed by atoms with Crippen LogP contribution >= 0.6 is 0 Å². The number of nitrogens with one attached hydrogen (secondary N) is 6. The smallest absolute Gasteiger partial charge is 0.156 e. The summed E-state index contributed by atoms with van der Waals surface area (Å²) in [6.45, 7) is 16.6. The molecule has 0 aliphatic rings. The fourth-order valence-corrected chi connectivity index (χ4v) is 9.00. The minimum Gasteiger partial charge on any atom is -0.361 e. The van der Waals surface area contributed by atoms with Crippen molar-refractivity contribution in [3.8, 4) is 0 Å². The molecular formula is C67H65N15. The zero-order chi connectivity index (χ0) is 57.2. The summed E-state index contributed by atoms with van der Waals surface area (Å²) in [6.07, 6.45) is 33.3. The van der Waals surface area contributed by atoms with Crippen LogP contribution in [0.1, 0.15) is 44.5 Å². The Morgan fingerprint density at radius 3 is 1.50 bits per heavy atom. The first-order chi connectivity index (χ1) is 40.0. The van der Waals surface area contributed by atoms with E-state index in [9.17, 15) is 0 Å². The maximum atomic E-state index is 4.22. The van der Waals surface area contributed by atoms with E-state index in [4.69, 9.17) is 0 Å². The average Bonchev–Trinajstić information content (AvgIpc) is 4.46. The molecule has 15 nitrogen and oxygen atoms in total. The fraction of sp³-hybridized carbons (Fsp3) is 0.119. The van der Waals surface area contributed by atoms with Crippen molar-refractivity contribution in [1.29, 1.82) is 0 Å². The lowest BCUT2D eigenvalue weighted by atomic mass is 10.1. The molecule has 14 heterocycles. The molecule has 6 N–H and O–H groups in total. The Kier molecular flexibility index (Phi) is 18.6. The Bertz CT molecular complexity index is 4100. The van der Waals surface area contributed by atoms with Gasteiger partial charge in [0.05, 0.1) is 45.5 Å². The summed E-state index contributed by atoms with van der Waals surface area (Å²) >= 11 is 0. The third-order valence-corrected chi connectivity index (χ3v) is 13.6. The van der Waals surface area contributed by atoms with Gasteiger partial charge in [-0.1, -0.05) is 30.3 Å². The minimum atomic E-state index is 0.861. The molecule has 0 saturated heterocycles. The highest BCUT2D eigenvalue weighted by atomic mass is 14.9. The standard InChI is InChI=1S/2C9H8N2.2C9H9N.3C8H8N2.C7H7N3/c1-7-2-5-11-9-6-10-4-3-8(7)9;1-7-4-6-10-8-3-2-5-11-9(7)8;1-7-3-2-4-9-8(7)5-6-10-9;1-7-6-10-9-5-3-2-4-8(7)9;1-6-4-10-8-2-3-9-5-7(6)8;1-6-4-10-8-5-9-3-2-7(6)8;1-6-5-10-7-3-2-4-9-8(6)7;1-5-4-10-7-6(5)8-2-3-9-7/h2*2-6H,1H3;2*2-6,10H,1H3;3*2-5,10H,1H3;2-4H,1H3,(H,9,10). The Labute approximate surface area is 474 Å². The average molecular weight is 1080 g/mol. The lowest BCUT2D eigenvalue weighted by molar-refractivity contribution is 1.26. The topological polar surface area (TPSA) is 211 Å². The van der Waals surface area contributed by atoms with E-state index in [1.54, 1.807) is 49.6 Å². The maximum absolute atomic E-state index is 4.22. The highest BCUT2D eigenvalue weighted by Gasteiger charge is 2.01. The molecule has 15 heteroatoms. The number of fused-ring (bicyclic) bond motifs is 8. The van der Waals surface area contributed by atoms with Crippen molar-refractivity contribution < 1.29 is 0 Å². The van der Waals surface area contributed by atoms with Gasteiger partial charge in [0.25, 0.3) is 0 Å². The summed E-state index contributed by atoms with van der Waals surface area (Å²) < 4.78 is 0. The molecule has 0 bridgehead atoms. The van der Waals surface area contributed by atoms with Crippen LogP contribution in [-0.2, 0) is 0 Å². The number of pyridine rings is 7. The fourth-order valence-electron chi connectivity index (χ4n) is 9.00. The van der Waals surface area contributed by atoms with Gasteiger partial charge >= 0.3 is 0 Å². The summed E-state index contributed by atoms with van der Waals surface area (Å²) in [5, 5.41) is 6.30. The quantitative estimate of drug-likeness (QED) is 0.0852. The molecule has 408 valence electrons. The van der Waals surface area contributed by atoms with E-state index in [1.165, 1.54) is 76.9 Å². The molecule has 82 heavy (non-hydrogen) atoms. The second kappa shape index (κ2) is 27.3. The summed E-state index contributed by atoms with van der Waals surface area (Å²) in [4.78, 5) is 55.8. The van der Waals surface area contributed by atoms with Crippen molar-refractivity contribution in [3.63, 3.8) is 0 Å². The molecule has 0 fully saturated rings. The van der Waals surface area contributed by atoms with Gasteiger partial charge in [-0.3, -0.25) is 39.9 Å². The number of nitrogens with zero attached hydrogens (tertiary/aromatic N) is 9. The SMILES string of the molecule is Cc1c[nH]c2ccccc12.Cc1c[nH]c2cccnc12.Cc1c[nH]c2ccncc12.Cc1c[nH]c2cnccc12.Cc1c[nH]c2nccnc12.Cc1cccc2[nH]ccc12.Cc1ccnc2cccnc12.Cc1ccnc2cnccc12. The molecule has 0 unspecified atom stereocenters. The number of para-hydroxylation sites is 1. The largest absolute Gasteiger partial charge is 0.361 e.